The van der Waals surface area contributed by atoms with E-state index in [0.717, 1.165) is 24.4 Å². The fourth-order valence-electron chi connectivity index (χ4n) is 3.46. The molecule has 1 fully saturated rings. The Balaban J connectivity index is 1.53. The molecule has 8 heteroatoms. The number of benzene rings is 1. The van der Waals surface area contributed by atoms with E-state index < -0.39 is 6.03 Å². The van der Waals surface area contributed by atoms with Crippen molar-refractivity contribution in [1.29, 1.82) is 0 Å². The molecule has 1 aliphatic rings. The summed E-state index contributed by atoms with van der Waals surface area (Å²) >= 11 is 0. The summed E-state index contributed by atoms with van der Waals surface area (Å²) in [7, 11) is 0. The Hall–Kier alpha value is -3.00. The summed E-state index contributed by atoms with van der Waals surface area (Å²) < 4.78 is 5.58. The van der Waals surface area contributed by atoms with Crippen LogP contribution in [0.4, 0.5) is 15.3 Å². The maximum atomic E-state index is 12.4. The smallest absolute Gasteiger partial charge is 0.316 e. The predicted octanol–water partition coefficient (Wildman–Crippen LogP) is 2.97. The number of amides is 4. The van der Waals surface area contributed by atoms with Gasteiger partial charge in [0.1, 0.15) is 5.76 Å². The molecular formula is C20H27N5O3. The van der Waals surface area contributed by atoms with Gasteiger partial charge < -0.3 is 26.1 Å². The monoisotopic (exact) mass is 385 g/mol. The van der Waals surface area contributed by atoms with Gasteiger partial charge in [-0.25, -0.2) is 9.59 Å². The number of furan rings is 1. The Morgan fingerprint density at radius 3 is 2.50 bits per heavy atom. The molecular weight excluding hydrogens is 358 g/mol. The van der Waals surface area contributed by atoms with Gasteiger partial charge in [-0.3, -0.25) is 4.90 Å². The zero-order valence-corrected chi connectivity index (χ0v) is 16.0. The first-order valence-corrected chi connectivity index (χ1v) is 9.51. The molecule has 5 N–H and O–H groups in total. The van der Waals surface area contributed by atoms with E-state index in [1.165, 1.54) is 12.8 Å². The zero-order valence-electron chi connectivity index (χ0n) is 16.0. The van der Waals surface area contributed by atoms with Gasteiger partial charge in [-0.2, -0.15) is 0 Å². The summed E-state index contributed by atoms with van der Waals surface area (Å²) in [6.45, 7) is 4.40. The number of nitrogens with two attached hydrogens (primary N) is 1. The van der Waals surface area contributed by atoms with Gasteiger partial charge in [0.15, 0.2) is 0 Å². The van der Waals surface area contributed by atoms with E-state index in [2.05, 4.69) is 20.9 Å². The van der Waals surface area contributed by atoms with Crippen LogP contribution in [0.2, 0.25) is 0 Å². The average Bonchev–Trinajstić information content (AvgIpc) is 3.36. The molecule has 1 aromatic heterocycles. The first kappa shape index (κ1) is 19.8. The van der Waals surface area contributed by atoms with E-state index in [0.29, 0.717) is 12.2 Å². The number of likely N-dealkylation sites (tertiary alicyclic amines) is 1. The minimum atomic E-state index is -0.609. The van der Waals surface area contributed by atoms with Gasteiger partial charge in [0.05, 0.1) is 18.3 Å². The Morgan fingerprint density at radius 2 is 1.89 bits per heavy atom. The average molecular weight is 385 g/mol. The number of hydrogen-bond donors (Lipinski definition) is 4. The fourth-order valence-corrected chi connectivity index (χ4v) is 3.46. The topological polar surface area (TPSA) is 113 Å². The summed E-state index contributed by atoms with van der Waals surface area (Å²) in [6, 6.07) is 10.0. The Labute approximate surface area is 164 Å². The maximum Gasteiger partial charge on any atom is 0.316 e. The second-order valence-corrected chi connectivity index (χ2v) is 6.96. The number of nitrogens with one attached hydrogen (secondary N) is 3. The summed E-state index contributed by atoms with van der Waals surface area (Å²) in [5, 5.41) is 8.41. The minimum absolute atomic E-state index is 0.0395. The standard InChI is InChI=1S/C20H27N5O3/c1-14(15-6-8-16(9-7-15)24-19(21)26)23-20(27)22-13-17(18-5-4-12-28-18)25-10-2-3-11-25/h4-9,12,14,17H,2-3,10-11,13H2,1H3,(H3,21,24,26)(H2,22,23,27). The van der Waals surface area contributed by atoms with Crippen molar-refractivity contribution in [2.45, 2.75) is 31.8 Å². The van der Waals surface area contributed by atoms with Crippen molar-refractivity contribution in [3.05, 3.63) is 54.0 Å². The molecule has 0 spiro atoms. The molecule has 1 saturated heterocycles. The van der Waals surface area contributed by atoms with Gasteiger partial charge in [0.2, 0.25) is 0 Å². The second-order valence-electron chi connectivity index (χ2n) is 6.96. The molecule has 150 valence electrons. The zero-order chi connectivity index (χ0) is 19.9. The van der Waals surface area contributed by atoms with Crippen molar-refractivity contribution in [3.8, 4) is 0 Å². The third-order valence-corrected chi connectivity index (χ3v) is 4.93. The molecule has 2 unspecified atom stereocenters. The highest BCUT2D eigenvalue weighted by Gasteiger charge is 2.26. The first-order valence-electron chi connectivity index (χ1n) is 9.51. The summed E-state index contributed by atoms with van der Waals surface area (Å²) in [5.41, 5.74) is 6.64. The SMILES string of the molecule is CC(NC(=O)NCC(c1ccco1)N1CCCC1)c1ccc(NC(N)=O)cc1. The molecule has 0 bridgehead atoms. The minimum Gasteiger partial charge on any atom is -0.468 e. The normalized spacial score (nSPS) is 16.3. The van der Waals surface area contributed by atoms with E-state index in [1.54, 1.807) is 18.4 Å². The van der Waals surface area contributed by atoms with Gasteiger partial charge >= 0.3 is 12.1 Å². The second kappa shape index (κ2) is 9.27. The quantitative estimate of drug-likeness (QED) is 0.587. The fraction of sp³-hybridized carbons (Fsp3) is 0.400. The van der Waals surface area contributed by atoms with Crippen LogP contribution in [0.1, 0.15) is 43.2 Å². The van der Waals surface area contributed by atoms with Crippen LogP contribution < -0.4 is 21.7 Å². The number of nitrogens with zero attached hydrogens (tertiary/aromatic N) is 1. The lowest BCUT2D eigenvalue weighted by atomic mass is 10.1. The van der Waals surface area contributed by atoms with E-state index in [4.69, 9.17) is 10.2 Å². The van der Waals surface area contributed by atoms with Gasteiger partial charge in [-0.05, 0) is 62.7 Å². The molecule has 4 amide bonds. The van der Waals surface area contributed by atoms with Crippen LogP contribution in [0, 0.1) is 0 Å². The highest BCUT2D eigenvalue weighted by molar-refractivity contribution is 5.87. The number of primary amides is 1. The van der Waals surface area contributed by atoms with Crippen LogP contribution in [-0.2, 0) is 0 Å². The molecule has 8 nitrogen and oxygen atoms in total. The van der Waals surface area contributed by atoms with E-state index >= 15 is 0 Å². The molecule has 2 heterocycles. The van der Waals surface area contributed by atoms with Crippen LogP contribution in [0.5, 0.6) is 0 Å². The lowest BCUT2D eigenvalue weighted by Crippen LogP contribution is -2.42. The third-order valence-electron chi connectivity index (χ3n) is 4.93. The maximum absolute atomic E-state index is 12.4. The van der Waals surface area contributed by atoms with Crippen LogP contribution in [0.3, 0.4) is 0 Å². The molecule has 1 aromatic carbocycles. The van der Waals surface area contributed by atoms with Crippen molar-refractivity contribution >= 4 is 17.7 Å². The molecule has 28 heavy (non-hydrogen) atoms. The molecule has 0 aliphatic carbocycles. The first-order chi connectivity index (χ1) is 13.5. The predicted molar refractivity (Wildman–Crippen MR) is 107 cm³/mol. The highest BCUT2D eigenvalue weighted by Crippen LogP contribution is 2.25. The molecule has 3 rings (SSSR count). The van der Waals surface area contributed by atoms with E-state index in [-0.39, 0.29) is 18.1 Å². The van der Waals surface area contributed by atoms with Crippen LogP contribution in [0.25, 0.3) is 0 Å². The Kier molecular flexibility index (Phi) is 6.54. The van der Waals surface area contributed by atoms with Gasteiger partial charge in [0, 0.05) is 12.2 Å². The number of anilines is 1. The molecule has 1 aliphatic heterocycles. The van der Waals surface area contributed by atoms with Gasteiger partial charge in [0.25, 0.3) is 0 Å². The number of urea groups is 2. The van der Waals surface area contributed by atoms with E-state index in [9.17, 15) is 9.59 Å². The van der Waals surface area contributed by atoms with Crippen molar-refractivity contribution in [3.63, 3.8) is 0 Å². The molecule has 2 aromatic rings. The van der Waals surface area contributed by atoms with Crippen LogP contribution >= 0.6 is 0 Å². The van der Waals surface area contributed by atoms with Crippen molar-refractivity contribution < 1.29 is 14.0 Å². The van der Waals surface area contributed by atoms with Crippen LogP contribution in [-0.4, -0.2) is 36.6 Å². The summed E-state index contributed by atoms with van der Waals surface area (Å²) in [4.78, 5) is 25.6. The van der Waals surface area contributed by atoms with E-state index in [1.807, 2.05) is 31.2 Å². The third kappa shape index (κ3) is 5.26. The van der Waals surface area contributed by atoms with Gasteiger partial charge in [-0.15, -0.1) is 0 Å². The number of hydrogen-bond acceptors (Lipinski definition) is 4. The van der Waals surface area contributed by atoms with Crippen molar-refractivity contribution in [1.82, 2.24) is 15.5 Å². The Morgan fingerprint density at radius 1 is 1.18 bits per heavy atom. The summed E-state index contributed by atoms with van der Waals surface area (Å²) in [5.74, 6) is 0.868. The lowest BCUT2D eigenvalue weighted by Gasteiger charge is -2.26. The molecule has 0 radical (unpaired) electrons. The number of carbonyl (C=O) groups is 2. The van der Waals surface area contributed by atoms with Crippen LogP contribution in [0.15, 0.2) is 47.1 Å². The number of carbonyl (C=O) groups excluding carboxylic acids is 2. The Bertz CT molecular complexity index is 770. The molecule has 2 atom stereocenters. The van der Waals surface area contributed by atoms with Crippen molar-refractivity contribution in [2.75, 3.05) is 25.0 Å². The largest absolute Gasteiger partial charge is 0.468 e. The highest BCUT2D eigenvalue weighted by atomic mass is 16.3. The molecule has 0 saturated carbocycles. The lowest BCUT2D eigenvalue weighted by molar-refractivity contribution is 0.202. The van der Waals surface area contributed by atoms with Crippen molar-refractivity contribution in [2.24, 2.45) is 5.73 Å². The summed E-state index contributed by atoms with van der Waals surface area (Å²) in [6.07, 6.45) is 4.00. The van der Waals surface area contributed by atoms with Gasteiger partial charge in [-0.1, -0.05) is 12.1 Å². The number of rotatable bonds is 7.